The van der Waals surface area contributed by atoms with E-state index in [2.05, 4.69) is 47.2 Å². The Kier molecular flexibility index (Phi) is 5.81. The van der Waals surface area contributed by atoms with Crippen LogP contribution in [0.5, 0.6) is 0 Å². The zero-order chi connectivity index (χ0) is 22.0. The molecule has 0 bridgehead atoms. The summed E-state index contributed by atoms with van der Waals surface area (Å²) in [4.78, 5) is 14.9. The standard InChI is InChI=1S/C23H21N5O2S/c1-15-7-8-20(13-16(15)2)27-22(18-9-11-24-12-10-18)25-26-23(27)31-17(3)19-5-4-6-21(14-19)28(29)30/h4-14,17H,1-3H3. The van der Waals surface area contributed by atoms with Gasteiger partial charge in [-0.25, -0.2) is 0 Å². The molecule has 2 heterocycles. The van der Waals surface area contributed by atoms with Crippen molar-refractivity contribution >= 4 is 17.4 Å². The summed E-state index contributed by atoms with van der Waals surface area (Å²) in [5.41, 5.74) is 5.21. The number of thioether (sulfide) groups is 1. The maximum atomic E-state index is 11.2. The first kappa shape index (κ1) is 20.7. The van der Waals surface area contributed by atoms with E-state index in [1.54, 1.807) is 24.5 Å². The number of hydrogen-bond donors (Lipinski definition) is 0. The highest BCUT2D eigenvalue weighted by Gasteiger charge is 2.20. The van der Waals surface area contributed by atoms with Gasteiger partial charge in [0.25, 0.3) is 5.69 Å². The number of non-ortho nitro benzene ring substituents is 1. The highest BCUT2D eigenvalue weighted by atomic mass is 32.2. The molecule has 1 atom stereocenters. The molecule has 156 valence electrons. The van der Waals surface area contributed by atoms with Gasteiger partial charge < -0.3 is 0 Å². The summed E-state index contributed by atoms with van der Waals surface area (Å²) in [5, 5.41) is 20.8. The molecule has 2 aromatic heterocycles. The minimum atomic E-state index is -0.375. The van der Waals surface area contributed by atoms with Crippen molar-refractivity contribution in [2.75, 3.05) is 0 Å². The average molecular weight is 432 g/mol. The molecule has 0 aliphatic rings. The molecule has 0 radical (unpaired) electrons. The van der Waals surface area contributed by atoms with Crippen LogP contribution in [0.25, 0.3) is 17.1 Å². The van der Waals surface area contributed by atoms with Gasteiger partial charge in [-0.1, -0.05) is 30.0 Å². The van der Waals surface area contributed by atoms with Crippen molar-refractivity contribution in [3.05, 3.63) is 93.8 Å². The van der Waals surface area contributed by atoms with E-state index in [0.717, 1.165) is 22.6 Å². The molecule has 0 saturated carbocycles. The quantitative estimate of drug-likeness (QED) is 0.221. The van der Waals surface area contributed by atoms with Gasteiger partial charge in [0.05, 0.1) is 10.6 Å². The highest BCUT2D eigenvalue weighted by molar-refractivity contribution is 7.99. The van der Waals surface area contributed by atoms with Crippen LogP contribution in [0.3, 0.4) is 0 Å². The SMILES string of the molecule is Cc1ccc(-n2c(SC(C)c3cccc([N+](=O)[O-])c3)nnc2-c2ccncc2)cc1C. The fraction of sp³-hybridized carbons (Fsp3) is 0.174. The van der Waals surface area contributed by atoms with Crippen molar-refractivity contribution < 1.29 is 4.92 Å². The number of pyridine rings is 1. The maximum absolute atomic E-state index is 11.2. The number of nitro benzene ring substituents is 1. The molecule has 8 heteroatoms. The van der Waals surface area contributed by atoms with Gasteiger partial charge in [0.2, 0.25) is 0 Å². The van der Waals surface area contributed by atoms with Crippen molar-refractivity contribution in [2.24, 2.45) is 0 Å². The Bertz CT molecular complexity index is 1240. The lowest BCUT2D eigenvalue weighted by Crippen LogP contribution is -2.02. The van der Waals surface area contributed by atoms with Crippen LogP contribution in [-0.2, 0) is 0 Å². The van der Waals surface area contributed by atoms with Crippen molar-refractivity contribution in [1.82, 2.24) is 19.7 Å². The van der Waals surface area contributed by atoms with Gasteiger partial charge in [-0.15, -0.1) is 10.2 Å². The Morgan fingerprint density at radius 2 is 1.77 bits per heavy atom. The van der Waals surface area contributed by atoms with E-state index in [1.165, 1.54) is 29.0 Å². The summed E-state index contributed by atoms with van der Waals surface area (Å²) >= 11 is 1.52. The molecule has 0 aliphatic heterocycles. The largest absolute Gasteiger partial charge is 0.270 e. The first-order valence-electron chi connectivity index (χ1n) is 9.78. The third-order valence-electron chi connectivity index (χ3n) is 5.15. The van der Waals surface area contributed by atoms with Gasteiger partial charge in [0, 0.05) is 35.3 Å². The molecular formula is C23H21N5O2S. The van der Waals surface area contributed by atoms with E-state index in [1.807, 2.05) is 29.7 Å². The molecule has 0 amide bonds. The lowest BCUT2D eigenvalue weighted by molar-refractivity contribution is -0.384. The lowest BCUT2D eigenvalue weighted by atomic mass is 10.1. The number of benzene rings is 2. The fourth-order valence-corrected chi connectivity index (χ4v) is 4.23. The minimum Gasteiger partial charge on any atom is -0.270 e. The van der Waals surface area contributed by atoms with E-state index >= 15 is 0 Å². The first-order valence-corrected chi connectivity index (χ1v) is 10.7. The minimum absolute atomic E-state index is 0.0558. The van der Waals surface area contributed by atoms with E-state index < -0.39 is 0 Å². The Hall–Kier alpha value is -3.52. The summed E-state index contributed by atoms with van der Waals surface area (Å²) in [7, 11) is 0. The van der Waals surface area contributed by atoms with Crippen LogP contribution in [0.4, 0.5) is 5.69 Å². The predicted octanol–water partition coefficient (Wildman–Crippen LogP) is 5.71. The molecule has 31 heavy (non-hydrogen) atoms. The van der Waals surface area contributed by atoms with Crippen molar-refractivity contribution in [3.8, 4) is 17.1 Å². The van der Waals surface area contributed by atoms with Gasteiger partial charge >= 0.3 is 0 Å². The summed E-state index contributed by atoms with van der Waals surface area (Å²) in [6, 6.07) is 16.8. The Balaban J connectivity index is 1.77. The van der Waals surface area contributed by atoms with Gasteiger partial charge in [-0.3, -0.25) is 19.7 Å². The molecule has 0 spiro atoms. The monoisotopic (exact) mass is 431 g/mol. The molecule has 4 aromatic rings. The van der Waals surface area contributed by atoms with Crippen LogP contribution in [0.1, 0.15) is 28.9 Å². The van der Waals surface area contributed by atoms with Crippen LogP contribution < -0.4 is 0 Å². The number of aryl methyl sites for hydroxylation is 2. The highest BCUT2D eigenvalue weighted by Crippen LogP contribution is 2.38. The first-order chi connectivity index (χ1) is 14.9. The van der Waals surface area contributed by atoms with Crippen LogP contribution >= 0.6 is 11.8 Å². The zero-order valence-corrected chi connectivity index (χ0v) is 18.2. The van der Waals surface area contributed by atoms with Gasteiger partial charge in [0.1, 0.15) is 0 Å². The van der Waals surface area contributed by atoms with Crippen LogP contribution in [0.15, 0.2) is 72.1 Å². The van der Waals surface area contributed by atoms with Crippen LogP contribution in [0, 0.1) is 24.0 Å². The van der Waals surface area contributed by atoms with Crippen molar-refractivity contribution in [2.45, 2.75) is 31.2 Å². The van der Waals surface area contributed by atoms with E-state index in [4.69, 9.17) is 0 Å². The summed E-state index contributed by atoms with van der Waals surface area (Å²) in [5.74, 6) is 0.722. The second kappa shape index (κ2) is 8.69. The second-order valence-corrected chi connectivity index (χ2v) is 8.57. The maximum Gasteiger partial charge on any atom is 0.269 e. The van der Waals surface area contributed by atoms with E-state index in [9.17, 15) is 10.1 Å². The Labute approximate surface area is 184 Å². The molecule has 0 saturated heterocycles. The molecule has 0 fully saturated rings. The van der Waals surface area contributed by atoms with Gasteiger partial charge in [-0.05, 0) is 61.7 Å². The molecule has 4 rings (SSSR count). The van der Waals surface area contributed by atoms with Crippen LogP contribution in [0.2, 0.25) is 0 Å². The molecule has 0 N–H and O–H groups in total. The lowest BCUT2D eigenvalue weighted by Gasteiger charge is -2.15. The van der Waals surface area contributed by atoms with E-state index in [0.29, 0.717) is 5.16 Å². The summed E-state index contributed by atoms with van der Waals surface area (Å²) in [6.45, 7) is 6.16. The normalized spacial score (nSPS) is 12.0. The van der Waals surface area contributed by atoms with Gasteiger partial charge in [-0.2, -0.15) is 0 Å². The number of nitro groups is 1. The van der Waals surface area contributed by atoms with Crippen LogP contribution in [-0.4, -0.2) is 24.7 Å². The molecule has 2 aromatic carbocycles. The Morgan fingerprint density at radius 1 is 1.00 bits per heavy atom. The third kappa shape index (κ3) is 4.34. The zero-order valence-electron chi connectivity index (χ0n) is 17.4. The average Bonchev–Trinajstić information content (AvgIpc) is 3.19. The smallest absolute Gasteiger partial charge is 0.269 e. The molecule has 1 unspecified atom stereocenters. The number of aromatic nitrogens is 4. The summed E-state index contributed by atoms with van der Waals surface area (Å²) in [6.07, 6.45) is 3.46. The second-order valence-electron chi connectivity index (χ2n) is 7.26. The predicted molar refractivity (Wildman–Crippen MR) is 121 cm³/mol. The molecular weight excluding hydrogens is 410 g/mol. The van der Waals surface area contributed by atoms with Crippen molar-refractivity contribution in [1.29, 1.82) is 0 Å². The number of rotatable bonds is 6. The third-order valence-corrected chi connectivity index (χ3v) is 6.25. The number of hydrogen-bond acceptors (Lipinski definition) is 6. The van der Waals surface area contributed by atoms with Gasteiger partial charge in [0.15, 0.2) is 11.0 Å². The number of nitrogens with zero attached hydrogens (tertiary/aromatic N) is 5. The summed E-state index contributed by atoms with van der Waals surface area (Å²) < 4.78 is 2.03. The Morgan fingerprint density at radius 3 is 2.48 bits per heavy atom. The van der Waals surface area contributed by atoms with Crippen molar-refractivity contribution in [3.63, 3.8) is 0 Å². The van der Waals surface area contributed by atoms with E-state index in [-0.39, 0.29) is 15.9 Å². The molecule has 7 nitrogen and oxygen atoms in total. The topological polar surface area (TPSA) is 86.7 Å². The fourth-order valence-electron chi connectivity index (χ4n) is 3.25. The molecule has 0 aliphatic carbocycles.